The Kier molecular flexibility index (Phi) is 7.40. The number of rotatable bonds is 10. The minimum Gasteiger partial charge on any atom is -0.435 e. The second-order valence-corrected chi connectivity index (χ2v) is 7.76. The van der Waals surface area contributed by atoms with Crippen LogP contribution >= 0.6 is 0 Å². The third-order valence-corrected chi connectivity index (χ3v) is 5.29. The predicted molar refractivity (Wildman–Crippen MR) is 113 cm³/mol. The number of nitrogens with one attached hydrogen (secondary N) is 2. The van der Waals surface area contributed by atoms with E-state index >= 15 is 0 Å². The molecular weight excluding hydrogens is 420 g/mol. The first-order chi connectivity index (χ1) is 15.3. The fourth-order valence-corrected chi connectivity index (χ4v) is 3.48. The SMILES string of the molecule is CC1(CCc2ccc(OC(F)F)cc2)NC(=O)N(CC(=O)NCCc2ccccc2)C1=O. The summed E-state index contributed by atoms with van der Waals surface area (Å²) < 4.78 is 28.8. The Morgan fingerprint density at radius 2 is 1.72 bits per heavy atom. The molecule has 0 radical (unpaired) electrons. The summed E-state index contributed by atoms with van der Waals surface area (Å²) in [6, 6.07) is 15.1. The maximum absolute atomic E-state index is 12.8. The highest BCUT2D eigenvalue weighted by atomic mass is 19.3. The van der Waals surface area contributed by atoms with E-state index in [4.69, 9.17) is 0 Å². The van der Waals surface area contributed by atoms with Gasteiger partial charge in [-0.2, -0.15) is 8.78 Å². The minimum atomic E-state index is -2.90. The van der Waals surface area contributed by atoms with Crippen LogP contribution in [-0.2, 0) is 22.4 Å². The van der Waals surface area contributed by atoms with Crippen molar-refractivity contribution in [3.63, 3.8) is 0 Å². The van der Waals surface area contributed by atoms with Crippen LogP contribution in [0, 0.1) is 0 Å². The molecule has 0 saturated carbocycles. The van der Waals surface area contributed by atoms with E-state index in [9.17, 15) is 23.2 Å². The van der Waals surface area contributed by atoms with Crippen LogP contribution in [0.1, 0.15) is 24.5 Å². The van der Waals surface area contributed by atoms with Crippen molar-refractivity contribution in [1.29, 1.82) is 0 Å². The molecule has 3 rings (SSSR count). The lowest BCUT2D eigenvalue weighted by atomic mass is 9.93. The largest absolute Gasteiger partial charge is 0.435 e. The Morgan fingerprint density at radius 1 is 1.06 bits per heavy atom. The third-order valence-electron chi connectivity index (χ3n) is 5.29. The van der Waals surface area contributed by atoms with Gasteiger partial charge in [0.05, 0.1) is 0 Å². The number of hydrogen-bond acceptors (Lipinski definition) is 4. The van der Waals surface area contributed by atoms with Crippen LogP contribution in [0.25, 0.3) is 0 Å². The molecule has 2 aromatic rings. The highest BCUT2D eigenvalue weighted by Gasteiger charge is 2.47. The summed E-state index contributed by atoms with van der Waals surface area (Å²) >= 11 is 0. The van der Waals surface area contributed by atoms with E-state index in [-0.39, 0.29) is 12.3 Å². The van der Waals surface area contributed by atoms with Crippen molar-refractivity contribution in [1.82, 2.24) is 15.5 Å². The normalized spacial score (nSPS) is 18.1. The molecule has 1 atom stereocenters. The van der Waals surface area contributed by atoms with Crippen LogP contribution in [0.5, 0.6) is 5.75 Å². The van der Waals surface area contributed by atoms with E-state index in [1.165, 1.54) is 12.1 Å². The summed E-state index contributed by atoms with van der Waals surface area (Å²) in [5, 5.41) is 5.38. The minimum absolute atomic E-state index is 0.0460. The molecule has 2 N–H and O–H groups in total. The number of nitrogens with zero attached hydrogens (tertiary/aromatic N) is 1. The van der Waals surface area contributed by atoms with Crippen molar-refractivity contribution in [3.8, 4) is 5.75 Å². The lowest BCUT2D eigenvalue weighted by Crippen LogP contribution is -2.45. The van der Waals surface area contributed by atoms with Crippen LogP contribution in [0.4, 0.5) is 13.6 Å². The van der Waals surface area contributed by atoms with Crippen LogP contribution in [0.2, 0.25) is 0 Å². The van der Waals surface area contributed by atoms with Gasteiger partial charge in [-0.15, -0.1) is 0 Å². The molecule has 0 bridgehead atoms. The van der Waals surface area contributed by atoms with Gasteiger partial charge in [0.15, 0.2) is 0 Å². The zero-order valence-electron chi connectivity index (χ0n) is 17.6. The van der Waals surface area contributed by atoms with Gasteiger partial charge in [0.1, 0.15) is 17.8 Å². The number of alkyl halides is 2. The Bertz CT molecular complexity index is 953. The van der Waals surface area contributed by atoms with Gasteiger partial charge in [-0.05, 0) is 49.4 Å². The first kappa shape index (κ1) is 23.2. The molecule has 0 spiro atoms. The van der Waals surface area contributed by atoms with Gasteiger partial charge in [-0.3, -0.25) is 14.5 Å². The summed E-state index contributed by atoms with van der Waals surface area (Å²) in [4.78, 5) is 38.3. The van der Waals surface area contributed by atoms with Gasteiger partial charge < -0.3 is 15.4 Å². The number of aryl methyl sites for hydroxylation is 1. The maximum atomic E-state index is 12.8. The number of hydrogen-bond donors (Lipinski definition) is 2. The summed E-state index contributed by atoms with van der Waals surface area (Å²) in [7, 11) is 0. The number of carbonyl (C=O) groups is 3. The first-order valence-corrected chi connectivity index (χ1v) is 10.3. The Morgan fingerprint density at radius 3 is 2.38 bits per heavy atom. The zero-order chi connectivity index (χ0) is 23.1. The van der Waals surface area contributed by atoms with Gasteiger partial charge >= 0.3 is 12.6 Å². The number of ether oxygens (including phenoxy) is 1. The second kappa shape index (κ2) is 10.2. The Hall–Kier alpha value is -3.49. The van der Waals surface area contributed by atoms with Crippen LogP contribution in [-0.4, -0.2) is 48.0 Å². The number of amides is 4. The van der Waals surface area contributed by atoms with Gasteiger partial charge in [0.2, 0.25) is 5.91 Å². The van der Waals surface area contributed by atoms with Crippen molar-refractivity contribution in [3.05, 3.63) is 65.7 Å². The monoisotopic (exact) mass is 445 g/mol. The Labute approximate surface area is 184 Å². The molecule has 4 amide bonds. The molecule has 9 heteroatoms. The van der Waals surface area contributed by atoms with E-state index < -0.39 is 30.0 Å². The van der Waals surface area contributed by atoms with Crippen molar-refractivity contribution >= 4 is 17.8 Å². The predicted octanol–water partition coefficient (Wildman–Crippen LogP) is 2.89. The maximum Gasteiger partial charge on any atom is 0.387 e. The molecule has 0 aliphatic carbocycles. The van der Waals surface area contributed by atoms with Crippen LogP contribution in [0.3, 0.4) is 0 Å². The molecule has 1 aliphatic heterocycles. The fourth-order valence-electron chi connectivity index (χ4n) is 3.48. The van der Waals surface area contributed by atoms with Gasteiger partial charge in [-0.1, -0.05) is 42.5 Å². The van der Waals surface area contributed by atoms with E-state index in [0.29, 0.717) is 25.8 Å². The number of imide groups is 1. The van der Waals surface area contributed by atoms with E-state index in [1.807, 2.05) is 30.3 Å². The highest BCUT2D eigenvalue weighted by Crippen LogP contribution is 2.24. The van der Waals surface area contributed by atoms with Crippen molar-refractivity contribution in [2.24, 2.45) is 0 Å². The number of benzene rings is 2. The molecule has 1 saturated heterocycles. The van der Waals surface area contributed by atoms with Crippen molar-refractivity contribution < 1.29 is 27.9 Å². The lowest BCUT2D eigenvalue weighted by molar-refractivity contribution is -0.134. The van der Waals surface area contributed by atoms with Crippen LogP contribution < -0.4 is 15.4 Å². The summed E-state index contributed by atoms with van der Waals surface area (Å²) in [6.45, 7) is -1.24. The summed E-state index contributed by atoms with van der Waals surface area (Å²) in [5.74, 6) is -0.841. The quantitative estimate of drug-likeness (QED) is 0.551. The highest BCUT2D eigenvalue weighted by molar-refractivity contribution is 6.08. The standard InChI is InChI=1S/C23H25F2N3O4/c1-23(13-11-17-7-9-18(10-8-17)32-21(24)25)20(30)28(22(31)27-23)15-19(29)26-14-12-16-5-3-2-4-6-16/h2-10,21H,11-15H2,1H3,(H,26,29)(H,27,31). The lowest BCUT2D eigenvalue weighted by Gasteiger charge is -2.21. The first-order valence-electron chi connectivity index (χ1n) is 10.3. The van der Waals surface area contributed by atoms with Gasteiger partial charge in [0, 0.05) is 6.54 Å². The van der Waals surface area contributed by atoms with E-state index in [2.05, 4.69) is 15.4 Å². The fraction of sp³-hybridized carbons (Fsp3) is 0.348. The Balaban J connectivity index is 1.49. The van der Waals surface area contributed by atoms with Gasteiger partial charge in [0.25, 0.3) is 5.91 Å². The summed E-state index contributed by atoms with van der Waals surface area (Å²) in [6.07, 6.45) is 1.36. The third kappa shape index (κ3) is 6.03. The second-order valence-electron chi connectivity index (χ2n) is 7.76. The molecule has 1 fully saturated rings. The zero-order valence-corrected chi connectivity index (χ0v) is 17.6. The van der Waals surface area contributed by atoms with E-state index in [1.54, 1.807) is 19.1 Å². The van der Waals surface area contributed by atoms with Crippen molar-refractivity contribution in [2.45, 2.75) is 38.3 Å². The number of urea groups is 1. The molecular formula is C23H25F2N3O4. The molecule has 1 unspecified atom stereocenters. The molecule has 1 heterocycles. The van der Waals surface area contributed by atoms with Crippen molar-refractivity contribution in [2.75, 3.05) is 13.1 Å². The molecule has 32 heavy (non-hydrogen) atoms. The van der Waals surface area contributed by atoms with E-state index in [0.717, 1.165) is 16.0 Å². The number of carbonyl (C=O) groups excluding carboxylic acids is 3. The molecule has 2 aromatic carbocycles. The van der Waals surface area contributed by atoms with Gasteiger partial charge in [-0.25, -0.2) is 4.79 Å². The molecule has 0 aromatic heterocycles. The summed E-state index contributed by atoms with van der Waals surface area (Å²) in [5.41, 5.74) is 0.718. The molecule has 1 aliphatic rings. The average Bonchev–Trinajstić information content (AvgIpc) is 2.97. The smallest absolute Gasteiger partial charge is 0.387 e. The molecule has 170 valence electrons. The topological polar surface area (TPSA) is 87.7 Å². The average molecular weight is 445 g/mol. The van der Waals surface area contributed by atoms with Crippen LogP contribution in [0.15, 0.2) is 54.6 Å². The number of halogens is 2. The molecule has 7 nitrogen and oxygen atoms in total.